The molecule has 156 valence electrons. The number of rotatable bonds is 7. The molecule has 29 heavy (non-hydrogen) atoms. The molecule has 2 aromatic carbocycles. The van der Waals surface area contributed by atoms with Crippen molar-refractivity contribution in [2.45, 2.75) is 31.3 Å². The summed E-state index contributed by atoms with van der Waals surface area (Å²) in [6.07, 6.45) is 0. The molecule has 3 rings (SSSR count). The molecule has 1 heterocycles. The zero-order chi connectivity index (χ0) is 21.2. The number of sulfonamides is 1. The van der Waals surface area contributed by atoms with Gasteiger partial charge in [0.2, 0.25) is 22.7 Å². The third-order valence-corrected chi connectivity index (χ3v) is 6.50. The SMILES string of the molecule is Cc1ccc(S(=O)(=O)N(C)C)cc1NC(=O)C(C)NCc1ccc2c(c1)OCO2. The van der Waals surface area contributed by atoms with Gasteiger partial charge in [0.1, 0.15) is 0 Å². The number of carbonyl (C=O) groups excluding carboxylic acids is 1. The molecule has 1 aliphatic rings. The highest BCUT2D eigenvalue weighted by Gasteiger charge is 2.20. The molecular weight excluding hydrogens is 394 g/mol. The fraction of sp³-hybridized carbons (Fsp3) is 0.350. The maximum atomic E-state index is 12.6. The first-order valence-electron chi connectivity index (χ1n) is 9.14. The third kappa shape index (κ3) is 4.69. The van der Waals surface area contributed by atoms with E-state index in [0.717, 1.165) is 15.4 Å². The van der Waals surface area contributed by atoms with Gasteiger partial charge >= 0.3 is 0 Å². The van der Waals surface area contributed by atoms with Crippen molar-refractivity contribution in [2.24, 2.45) is 0 Å². The van der Waals surface area contributed by atoms with Gasteiger partial charge in [-0.05, 0) is 49.2 Å². The molecule has 2 aromatic rings. The van der Waals surface area contributed by atoms with Gasteiger partial charge in [0.05, 0.1) is 10.9 Å². The Morgan fingerprint density at radius 3 is 2.59 bits per heavy atom. The van der Waals surface area contributed by atoms with Crippen LogP contribution in [0.1, 0.15) is 18.1 Å². The number of benzene rings is 2. The van der Waals surface area contributed by atoms with Crippen LogP contribution >= 0.6 is 0 Å². The number of carbonyl (C=O) groups is 1. The van der Waals surface area contributed by atoms with E-state index < -0.39 is 16.1 Å². The summed E-state index contributed by atoms with van der Waals surface area (Å²) in [6.45, 7) is 4.25. The fourth-order valence-electron chi connectivity index (χ4n) is 2.76. The van der Waals surface area contributed by atoms with Crippen molar-refractivity contribution in [3.05, 3.63) is 47.5 Å². The summed E-state index contributed by atoms with van der Waals surface area (Å²) >= 11 is 0. The van der Waals surface area contributed by atoms with Crippen molar-refractivity contribution in [1.29, 1.82) is 0 Å². The summed E-state index contributed by atoms with van der Waals surface area (Å²) in [7, 11) is -0.644. The monoisotopic (exact) mass is 419 g/mol. The first-order chi connectivity index (χ1) is 13.7. The average molecular weight is 420 g/mol. The molecule has 0 bridgehead atoms. The smallest absolute Gasteiger partial charge is 0.242 e. The highest BCUT2D eigenvalue weighted by atomic mass is 32.2. The Hall–Kier alpha value is -2.62. The molecule has 0 saturated heterocycles. The van der Waals surface area contributed by atoms with E-state index in [1.165, 1.54) is 26.2 Å². The summed E-state index contributed by atoms with van der Waals surface area (Å²) in [5.74, 6) is 1.15. The zero-order valence-electron chi connectivity index (χ0n) is 16.9. The summed E-state index contributed by atoms with van der Waals surface area (Å²) in [5, 5.41) is 5.97. The lowest BCUT2D eigenvalue weighted by Gasteiger charge is -2.17. The second kappa shape index (κ2) is 8.40. The Morgan fingerprint density at radius 1 is 1.14 bits per heavy atom. The molecule has 0 radical (unpaired) electrons. The minimum absolute atomic E-state index is 0.129. The maximum Gasteiger partial charge on any atom is 0.242 e. The van der Waals surface area contributed by atoms with Gasteiger partial charge in [-0.25, -0.2) is 12.7 Å². The highest BCUT2D eigenvalue weighted by Crippen LogP contribution is 2.32. The van der Waals surface area contributed by atoms with Gasteiger partial charge in [-0.2, -0.15) is 0 Å². The highest BCUT2D eigenvalue weighted by molar-refractivity contribution is 7.89. The number of nitrogens with one attached hydrogen (secondary N) is 2. The number of nitrogens with zero attached hydrogens (tertiary/aromatic N) is 1. The first kappa shape index (κ1) is 21.1. The minimum atomic E-state index is -3.58. The second-order valence-electron chi connectivity index (χ2n) is 7.04. The van der Waals surface area contributed by atoms with Gasteiger partial charge in [0.15, 0.2) is 11.5 Å². The van der Waals surface area contributed by atoms with Crippen LogP contribution in [0, 0.1) is 6.92 Å². The largest absolute Gasteiger partial charge is 0.454 e. The Bertz CT molecular complexity index is 1020. The van der Waals surface area contributed by atoms with Crippen LogP contribution in [-0.2, 0) is 21.4 Å². The molecule has 1 amide bonds. The molecule has 8 nitrogen and oxygen atoms in total. The Balaban J connectivity index is 1.65. The van der Waals surface area contributed by atoms with Gasteiger partial charge in [-0.1, -0.05) is 12.1 Å². The van der Waals surface area contributed by atoms with Crippen LogP contribution in [-0.4, -0.2) is 45.6 Å². The van der Waals surface area contributed by atoms with E-state index in [0.29, 0.717) is 23.7 Å². The number of hydrogen-bond acceptors (Lipinski definition) is 6. The third-order valence-electron chi connectivity index (χ3n) is 4.69. The van der Waals surface area contributed by atoms with Crippen LogP contribution < -0.4 is 20.1 Å². The topological polar surface area (TPSA) is 97.0 Å². The molecular formula is C20H25N3O5S. The van der Waals surface area contributed by atoms with E-state index in [2.05, 4.69) is 10.6 Å². The van der Waals surface area contributed by atoms with Crippen molar-refractivity contribution >= 4 is 21.6 Å². The molecule has 0 fully saturated rings. The number of hydrogen-bond donors (Lipinski definition) is 2. The van der Waals surface area contributed by atoms with E-state index in [-0.39, 0.29) is 17.6 Å². The predicted molar refractivity (Wildman–Crippen MR) is 110 cm³/mol. The van der Waals surface area contributed by atoms with Crippen molar-refractivity contribution < 1.29 is 22.7 Å². The van der Waals surface area contributed by atoms with Gasteiger partial charge in [-0.15, -0.1) is 0 Å². The maximum absolute atomic E-state index is 12.6. The molecule has 9 heteroatoms. The molecule has 0 spiro atoms. The molecule has 2 N–H and O–H groups in total. The van der Waals surface area contributed by atoms with Crippen LogP contribution in [0.5, 0.6) is 11.5 Å². The minimum Gasteiger partial charge on any atom is -0.454 e. The number of amides is 1. The van der Waals surface area contributed by atoms with Crippen molar-refractivity contribution in [2.75, 3.05) is 26.2 Å². The Kier molecular flexibility index (Phi) is 6.11. The molecule has 0 saturated carbocycles. The first-order valence-corrected chi connectivity index (χ1v) is 10.6. The molecule has 0 aromatic heterocycles. The van der Waals surface area contributed by atoms with Gasteiger partial charge < -0.3 is 20.1 Å². The Morgan fingerprint density at radius 2 is 1.86 bits per heavy atom. The van der Waals surface area contributed by atoms with Crippen molar-refractivity contribution in [1.82, 2.24) is 9.62 Å². The molecule has 0 aliphatic carbocycles. The fourth-order valence-corrected chi connectivity index (χ4v) is 3.69. The molecule has 1 aliphatic heterocycles. The van der Waals surface area contributed by atoms with Crippen LogP contribution in [0.3, 0.4) is 0 Å². The quantitative estimate of drug-likeness (QED) is 0.713. The van der Waals surface area contributed by atoms with E-state index in [1.54, 1.807) is 13.0 Å². The lowest BCUT2D eigenvalue weighted by molar-refractivity contribution is -0.117. The van der Waals surface area contributed by atoms with E-state index in [1.807, 2.05) is 25.1 Å². The summed E-state index contributed by atoms with van der Waals surface area (Å²) in [6, 6.07) is 9.81. The molecule has 1 atom stereocenters. The van der Waals surface area contributed by atoms with Crippen LogP contribution in [0.15, 0.2) is 41.3 Å². The number of aryl methyl sites for hydroxylation is 1. The van der Waals surface area contributed by atoms with Crippen LogP contribution in [0.2, 0.25) is 0 Å². The lowest BCUT2D eigenvalue weighted by atomic mass is 10.1. The van der Waals surface area contributed by atoms with Crippen molar-refractivity contribution in [3.8, 4) is 11.5 Å². The van der Waals surface area contributed by atoms with Crippen LogP contribution in [0.25, 0.3) is 0 Å². The number of fused-ring (bicyclic) bond motifs is 1. The van der Waals surface area contributed by atoms with E-state index >= 15 is 0 Å². The van der Waals surface area contributed by atoms with Crippen molar-refractivity contribution in [3.63, 3.8) is 0 Å². The molecule has 1 unspecified atom stereocenters. The predicted octanol–water partition coefficient (Wildman–Crippen LogP) is 2.09. The van der Waals surface area contributed by atoms with Crippen LogP contribution in [0.4, 0.5) is 5.69 Å². The summed E-state index contributed by atoms with van der Waals surface area (Å²) < 4.78 is 36.5. The van der Waals surface area contributed by atoms with E-state index in [4.69, 9.17) is 9.47 Å². The second-order valence-corrected chi connectivity index (χ2v) is 9.20. The zero-order valence-corrected chi connectivity index (χ0v) is 17.7. The summed E-state index contributed by atoms with van der Waals surface area (Å²) in [5.41, 5.74) is 2.21. The van der Waals surface area contributed by atoms with Gasteiger partial charge in [0.25, 0.3) is 0 Å². The lowest BCUT2D eigenvalue weighted by Crippen LogP contribution is -2.37. The summed E-state index contributed by atoms with van der Waals surface area (Å²) in [4.78, 5) is 12.7. The normalized spacial score (nSPS) is 14.1. The van der Waals surface area contributed by atoms with Gasteiger partial charge in [0, 0.05) is 26.3 Å². The van der Waals surface area contributed by atoms with E-state index in [9.17, 15) is 13.2 Å². The average Bonchev–Trinajstić information content (AvgIpc) is 3.15. The number of anilines is 1. The standard InChI is InChI=1S/C20H25N3O5S/c1-13-5-7-16(29(25,26)23(3)4)10-17(13)22-20(24)14(2)21-11-15-6-8-18-19(9-15)28-12-27-18/h5-10,14,21H,11-12H2,1-4H3,(H,22,24). The Labute approximate surface area is 170 Å². The number of ether oxygens (including phenoxy) is 2. The van der Waals surface area contributed by atoms with Gasteiger partial charge in [-0.3, -0.25) is 4.79 Å².